The van der Waals surface area contributed by atoms with Crippen molar-refractivity contribution in [1.82, 2.24) is 20.4 Å². The molecule has 1 unspecified atom stereocenters. The van der Waals surface area contributed by atoms with E-state index in [1.165, 1.54) is 18.5 Å². The molecular weight excluding hydrogens is 292 g/mol. The van der Waals surface area contributed by atoms with E-state index in [9.17, 15) is 4.79 Å². The first kappa shape index (κ1) is 15.1. The number of rotatable bonds is 4. The van der Waals surface area contributed by atoms with Crippen molar-refractivity contribution in [2.24, 2.45) is 0 Å². The number of amides is 1. The number of carbonyl (C=O) groups is 1. The fourth-order valence-corrected chi connectivity index (χ4v) is 4.22. The average Bonchev–Trinajstić information content (AvgIpc) is 3.26. The Balaban J connectivity index is 1.25. The highest BCUT2D eigenvalue weighted by atomic mass is 16.5. The van der Waals surface area contributed by atoms with Crippen molar-refractivity contribution in [3.05, 3.63) is 17.5 Å². The molecule has 2 fully saturated rings. The fourth-order valence-electron chi connectivity index (χ4n) is 4.22. The van der Waals surface area contributed by atoms with Crippen molar-refractivity contribution < 1.29 is 9.53 Å². The van der Waals surface area contributed by atoms with Gasteiger partial charge in [0.2, 0.25) is 5.91 Å². The predicted molar refractivity (Wildman–Crippen MR) is 86.0 cm³/mol. The van der Waals surface area contributed by atoms with Crippen LogP contribution in [0, 0.1) is 0 Å². The van der Waals surface area contributed by atoms with Crippen molar-refractivity contribution >= 4 is 5.91 Å². The lowest BCUT2D eigenvalue weighted by Crippen LogP contribution is -2.36. The summed E-state index contributed by atoms with van der Waals surface area (Å²) in [5.74, 6) is 0.123. The van der Waals surface area contributed by atoms with E-state index in [4.69, 9.17) is 4.74 Å². The SMILES string of the molecule is O=C(CCc1cc2n(n1)CCNC2)NC1COC2(CCCC2)C1. The first-order chi connectivity index (χ1) is 11.2. The van der Waals surface area contributed by atoms with Crippen LogP contribution in [0.5, 0.6) is 0 Å². The number of nitrogens with one attached hydrogen (secondary N) is 2. The number of nitrogens with zero attached hydrogens (tertiary/aromatic N) is 2. The van der Waals surface area contributed by atoms with Gasteiger partial charge in [-0.15, -0.1) is 0 Å². The smallest absolute Gasteiger partial charge is 0.220 e. The molecular formula is C17H26N4O2. The van der Waals surface area contributed by atoms with Gasteiger partial charge in [-0.2, -0.15) is 5.10 Å². The van der Waals surface area contributed by atoms with E-state index in [0.717, 1.165) is 44.6 Å². The number of aromatic nitrogens is 2. The van der Waals surface area contributed by atoms with Crippen molar-refractivity contribution in [1.29, 1.82) is 0 Å². The van der Waals surface area contributed by atoms with Gasteiger partial charge in [-0.25, -0.2) is 0 Å². The zero-order valence-electron chi connectivity index (χ0n) is 13.6. The predicted octanol–water partition coefficient (Wildman–Crippen LogP) is 1.14. The Labute approximate surface area is 137 Å². The summed E-state index contributed by atoms with van der Waals surface area (Å²) < 4.78 is 8.05. The second kappa shape index (κ2) is 6.24. The molecule has 6 heteroatoms. The molecule has 4 rings (SSSR count). The molecule has 0 aromatic carbocycles. The molecule has 1 amide bonds. The van der Waals surface area contributed by atoms with Crippen LogP contribution in [0.25, 0.3) is 0 Å². The lowest BCUT2D eigenvalue weighted by atomic mass is 9.96. The van der Waals surface area contributed by atoms with Gasteiger partial charge >= 0.3 is 0 Å². The Morgan fingerprint density at radius 2 is 2.35 bits per heavy atom. The summed E-state index contributed by atoms with van der Waals surface area (Å²) in [5, 5.41) is 11.1. The third-order valence-corrected chi connectivity index (χ3v) is 5.42. The molecule has 3 heterocycles. The van der Waals surface area contributed by atoms with Crippen molar-refractivity contribution in [3.8, 4) is 0 Å². The van der Waals surface area contributed by atoms with Crippen LogP contribution in [-0.4, -0.2) is 40.5 Å². The van der Waals surface area contributed by atoms with E-state index in [1.807, 2.05) is 0 Å². The number of carbonyl (C=O) groups excluding carboxylic acids is 1. The number of hydrogen-bond donors (Lipinski definition) is 2. The third kappa shape index (κ3) is 3.28. The third-order valence-electron chi connectivity index (χ3n) is 5.42. The molecule has 1 aromatic rings. The van der Waals surface area contributed by atoms with E-state index in [0.29, 0.717) is 19.4 Å². The minimum absolute atomic E-state index is 0.0773. The number of ether oxygens (including phenoxy) is 1. The largest absolute Gasteiger partial charge is 0.373 e. The topological polar surface area (TPSA) is 68.2 Å². The minimum Gasteiger partial charge on any atom is -0.373 e. The molecule has 3 aliphatic rings. The zero-order chi connectivity index (χ0) is 15.7. The number of aryl methyl sites for hydroxylation is 1. The molecule has 0 radical (unpaired) electrons. The van der Waals surface area contributed by atoms with Crippen molar-refractivity contribution in [2.45, 2.75) is 69.7 Å². The van der Waals surface area contributed by atoms with Gasteiger partial charge in [-0.3, -0.25) is 9.48 Å². The van der Waals surface area contributed by atoms with Gasteiger partial charge in [0.15, 0.2) is 0 Å². The Kier molecular flexibility index (Phi) is 4.11. The van der Waals surface area contributed by atoms with Crippen LogP contribution in [0.1, 0.15) is 49.9 Å². The molecule has 1 aliphatic carbocycles. The molecule has 1 saturated carbocycles. The van der Waals surface area contributed by atoms with Gasteiger partial charge in [0.1, 0.15) is 0 Å². The molecule has 1 spiro atoms. The number of fused-ring (bicyclic) bond motifs is 1. The highest BCUT2D eigenvalue weighted by molar-refractivity contribution is 5.76. The highest BCUT2D eigenvalue weighted by Gasteiger charge is 2.42. The van der Waals surface area contributed by atoms with Crippen LogP contribution in [0.3, 0.4) is 0 Å². The average molecular weight is 318 g/mol. The molecule has 23 heavy (non-hydrogen) atoms. The van der Waals surface area contributed by atoms with Crippen LogP contribution >= 0.6 is 0 Å². The second-order valence-corrected chi connectivity index (χ2v) is 7.20. The van der Waals surface area contributed by atoms with Crippen LogP contribution in [-0.2, 0) is 29.0 Å². The van der Waals surface area contributed by atoms with Gasteiger partial charge < -0.3 is 15.4 Å². The fraction of sp³-hybridized carbons (Fsp3) is 0.765. The Morgan fingerprint density at radius 3 is 3.17 bits per heavy atom. The first-order valence-electron chi connectivity index (χ1n) is 8.92. The summed E-state index contributed by atoms with van der Waals surface area (Å²) in [6.45, 7) is 3.44. The lowest BCUT2D eigenvalue weighted by Gasteiger charge is -2.21. The van der Waals surface area contributed by atoms with Gasteiger partial charge in [0, 0.05) is 25.9 Å². The summed E-state index contributed by atoms with van der Waals surface area (Å²) in [4.78, 5) is 12.2. The number of hydrogen-bond acceptors (Lipinski definition) is 4. The molecule has 0 bridgehead atoms. The minimum atomic E-state index is 0.0773. The normalized spacial score (nSPS) is 25.7. The summed E-state index contributed by atoms with van der Waals surface area (Å²) in [6.07, 6.45) is 7.06. The molecule has 1 saturated heterocycles. The van der Waals surface area contributed by atoms with Crippen LogP contribution in [0.4, 0.5) is 0 Å². The molecule has 6 nitrogen and oxygen atoms in total. The summed E-state index contributed by atoms with van der Waals surface area (Å²) in [7, 11) is 0. The van der Waals surface area contributed by atoms with E-state index in [2.05, 4.69) is 26.5 Å². The van der Waals surface area contributed by atoms with Gasteiger partial charge in [0.05, 0.1) is 36.2 Å². The van der Waals surface area contributed by atoms with Gasteiger partial charge in [-0.1, -0.05) is 12.8 Å². The van der Waals surface area contributed by atoms with Gasteiger partial charge in [-0.05, 0) is 25.3 Å². The quantitative estimate of drug-likeness (QED) is 0.873. The lowest BCUT2D eigenvalue weighted by molar-refractivity contribution is -0.121. The zero-order valence-corrected chi connectivity index (χ0v) is 13.6. The van der Waals surface area contributed by atoms with Crippen LogP contribution < -0.4 is 10.6 Å². The molecule has 1 aromatic heterocycles. The maximum atomic E-state index is 12.2. The van der Waals surface area contributed by atoms with Gasteiger partial charge in [0.25, 0.3) is 0 Å². The van der Waals surface area contributed by atoms with Crippen LogP contribution in [0.2, 0.25) is 0 Å². The van der Waals surface area contributed by atoms with E-state index < -0.39 is 0 Å². The maximum Gasteiger partial charge on any atom is 0.220 e. The van der Waals surface area contributed by atoms with E-state index >= 15 is 0 Å². The maximum absolute atomic E-state index is 12.2. The standard InChI is InChI=1S/C17H26N4O2/c22-16(19-14-10-17(23-12-14)5-1-2-6-17)4-3-13-9-15-11-18-7-8-21(15)20-13/h9,14,18H,1-8,10-12H2,(H,19,22). The van der Waals surface area contributed by atoms with E-state index in [-0.39, 0.29) is 17.6 Å². The first-order valence-corrected chi connectivity index (χ1v) is 8.92. The van der Waals surface area contributed by atoms with Crippen molar-refractivity contribution in [3.63, 3.8) is 0 Å². The second-order valence-electron chi connectivity index (χ2n) is 7.20. The highest BCUT2D eigenvalue weighted by Crippen LogP contribution is 2.40. The van der Waals surface area contributed by atoms with Crippen molar-refractivity contribution in [2.75, 3.05) is 13.2 Å². The Hall–Kier alpha value is -1.40. The molecule has 1 atom stereocenters. The van der Waals surface area contributed by atoms with Crippen LogP contribution in [0.15, 0.2) is 6.07 Å². The monoisotopic (exact) mass is 318 g/mol. The Bertz CT molecular complexity index is 554. The molecule has 2 N–H and O–H groups in total. The summed E-state index contributed by atoms with van der Waals surface area (Å²) in [5.41, 5.74) is 2.32. The Morgan fingerprint density at radius 1 is 1.48 bits per heavy atom. The van der Waals surface area contributed by atoms with E-state index in [1.54, 1.807) is 0 Å². The summed E-state index contributed by atoms with van der Waals surface area (Å²) in [6, 6.07) is 2.31. The summed E-state index contributed by atoms with van der Waals surface area (Å²) >= 11 is 0. The molecule has 126 valence electrons. The molecule has 2 aliphatic heterocycles.